The Morgan fingerprint density at radius 1 is 0.500 bits per heavy atom. The Morgan fingerprint density at radius 2 is 0.929 bits per heavy atom. The molecular weight excluding hydrogens is 346 g/mol. The zero-order valence-corrected chi connectivity index (χ0v) is 15.4. The van der Waals surface area contributed by atoms with Gasteiger partial charge in [0.05, 0.1) is 0 Å². The minimum atomic E-state index is 0.549. The molecule has 1 aromatic heterocycles. The second kappa shape index (κ2) is 8.77. The molecule has 0 fully saturated rings. The summed E-state index contributed by atoms with van der Waals surface area (Å²) in [5.74, 6) is 1.74. The summed E-state index contributed by atoms with van der Waals surface area (Å²) in [6, 6.07) is 30.3. The van der Waals surface area contributed by atoms with Crippen LogP contribution < -0.4 is 10.6 Å². The van der Waals surface area contributed by atoms with Crippen LogP contribution in [0.4, 0.5) is 11.9 Å². The van der Waals surface area contributed by atoms with Gasteiger partial charge in [-0.2, -0.15) is 15.0 Å². The van der Waals surface area contributed by atoms with Crippen molar-refractivity contribution in [2.45, 2.75) is 13.1 Å². The van der Waals surface area contributed by atoms with Crippen molar-refractivity contribution in [3.63, 3.8) is 0 Å². The summed E-state index contributed by atoms with van der Waals surface area (Å²) in [6.45, 7) is 1.30. The third-order valence-corrected chi connectivity index (χ3v) is 4.25. The maximum absolute atomic E-state index is 4.60. The number of anilines is 2. The van der Waals surface area contributed by atoms with Crippen molar-refractivity contribution in [3.05, 3.63) is 102 Å². The first kappa shape index (κ1) is 17.7. The van der Waals surface area contributed by atoms with Gasteiger partial charge in [-0.25, -0.2) is 0 Å². The number of nitrogens with one attached hydrogen (secondary N) is 2. The van der Waals surface area contributed by atoms with Crippen molar-refractivity contribution in [2.75, 3.05) is 10.6 Å². The average molecular weight is 367 g/mol. The van der Waals surface area contributed by atoms with Crippen molar-refractivity contribution in [1.29, 1.82) is 0 Å². The molecule has 0 amide bonds. The Bertz CT molecular complexity index is 943. The molecule has 2 N–H and O–H groups in total. The quantitative estimate of drug-likeness (QED) is 0.493. The van der Waals surface area contributed by atoms with Crippen LogP contribution in [0.15, 0.2) is 91.0 Å². The summed E-state index contributed by atoms with van der Waals surface area (Å²) < 4.78 is 0. The van der Waals surface area contributed by atoms with Gasteiger partial charge in [-0.3, -0.25) is 0 Å². The molecule has 28 heavy (non-hydrogen) atoms. The Labute approximate surface area is 164 Å². The van der Waals surface area contributed by atoms with Crippen LogP contribution in [0.3, 0.4) is 0 Å². The monoisotopic (exact) mass is 367 g/mol. The summed E-state index contributed by atoms with van der Waals surface area (Å²) in [6.07, 6.45) is 0. The molecule has 0 bridgehead atoms. The van der Waals surface area contributed by atoms with E-state index in [0.29, 0.717) is 30.8 Å². The van der Waals surface area contributed by atoms with E-state index in [1.165, 1.54) is 11.1 Å². The third-order valence-electron chi connectivity index (χ3n) is 4.25. The van der Waals surface area contributed by atoms with Crippen LogP contribution in [0, 0.1) is 0 Å². The van der Waals surface area contributed by atoms with Crippen LogP contribution in [0.5, 0.6) is 0 Å². The number of benzene rings is 3. The predicted molar refractivity (Wildman–Crippen MR) is 113 cm³/mol. The molecular formula is C23H21N5. The molecule has 0 spiro atoms. The molecule has 138 valence electrons. The fraction of sp³-hybridized carbons (Fsp3) is 0.0870. The molecule has 5 nitrogen and oxygen atoms in total. The molecule has 4 aromatic rings. The molecule has 0 saturated heterocycles. The van der Waals surface area contributed by atoms with Crippen molar-refractivity contribution in [2.24, 2.45) is 0 Å². The molecule has 1 heterocycles. The smallest absolute Gasteiger partial charge is 0.228 e. The number of hydrogen-bond acceptors (Lipinski definition) is 5. The van der Waals surface area contributed by atoms with Gasteiger partial charge in [0.1, 0.15) is 0 Å². The molecule has 0 aliphatic heterocycles. The molecule has 3 aromatic carbocycles. The van der Waals surface area contributed by atoms with E-state index < -0.39 is 0 Å². The highest BCUT2D eigenvalue weighted by atomic mass is 15.2. The molecule has 0 unspecified atom stereocenters. The van der Waals surface area contributed by atoms with E-state index in [0.717, 1.165) is 5.56 Å². The van der Waals surface area contributed by atoms with E-state index >= 15 is 0 Å². The first-order valence-electron chi connectivity index (χ1n) is 9.24. The predicted octanol–water partition coefficient (Wildman–Crippen LogP) is 4.76. The molecule has 4 rings (SSSR count). The van der Waals surface area contributed by atoms with Gasteiger partial charge in [0.15, 0.2) is 5.82 Å². The topological polar surface area (TPSA) is 62.7 Å². The molecule has 0 atom stereocenters. The van der Waals surface area contributed by atoms with Crippen LogP contribution in [0.1, 0.15) is 11.1 Å². The summed E-state index contributed by atoms with van der Waals surface area (Å²) in [5.41, 5.74) is 3.29. The van der Waals surface area contributed by atoms with Gasteiger partial charge in [-0.1, -0.05) is 91.0 Å². The second-order valence-corrected chi connectivity index (χ2v) is 6.35. The molecule has 5 heteroatoms. The van der Waals surface area contributed by atoms with Crippen LogP contribution in [-0.4, -0.2) is 15.0 Å². The lowest BCUT2D eigenvalue weighted by Crippen LogP contribution is -2.10. The lowest BCUT2D eigenvalue weighted by atomic mass is 10.2. The largest absolute Gasteiger partial charge is 0.350 e. The maximum atomic E-state index is 4.60. The molecule has 0 aliphatic rings. The van der Waals surface area contributed by atoms with Gasteiger partial charge in [0, 0.05) is 18.7 Å². The van der Waals surface area contributed by atoms with E-state index in [-0.39, 0.29) is 0 Å². The number of nitrogens with zero attached hydrogens (tertiary/aromatic N) is 3. The van der Waals surface area contributed by atoms with Gasteiger partial charge in [0.2, 0.25) is 11.9 Å². The van der Waals surface area contributed by atoms with E-state index in [2.05, 4.69) is 49.9 Å². The molecule has 0 radical (unpaired) electrons. The molecule has 0 saturated carbocycles. The highest BCUT2D eigenvalue weighted by Gasteiger charge is 2.08. The van der Waals surface area contributed by atoms with Crippen LogP contribution in [-0.2, 0) is 13.1 Å². The minimum absolute atomic E-state index is 0.549. The lowest BCUT2D eigenvalue weighted by Gasteiger charge is -2.11. The fourth-order valence-electron chi connectivity index (χ4n) is 2.80. The maximum Gasteiger partial charge on any atom is 0.228 e. The van der Waals surface area contributed by atoms with Crippen molar-refractivity contribution >= 4 is 11.9 Å². The number of aromatic nitrogens is 3. The molecule has 0 aliphatic carbocycles. The van der Waals surface area contributed by atoms with Gasteiger partial charge in [-0.15, -0.1) is 0 Å². The van der Waals surface area contributed by atoms with E-state index in [1.807, 2.05) is 66.7 Å². The van der Waals surface area contributed by atoms with Crippen LogP contribution in [0.25, 0.3) is 11.4 Å². The van der Waals surface area contributed by atoms with E-state index in [9.17, 15) is 0 Å². The Balaban J connectivity index is 1.57. The summed E-state index contributed by atoms with van der Waals surface area (Å²) in [4.78, 5) is 13.7. The van der Waals surface area contributed by atoms with Gasteiger partial charge in [0.25, 0.3) is 0 Å². The van der Waals surface area contributed by atoms with Crippen molar-refractivity contribution < 1.29 is 0 Å². The SMILES string of the molecule is c1ccc(CNc2nc(NCc3ccccc3)nc(-c3ccccc3)n2)cc1. The van der Waals surface area contributed by atoms with E-state index in [4.69, 9.17) is 0 Å². The summed E-state index contributed by atoms with van der Waals surface area (Å²) in [5, 5.41) is 6.61. The lowest BCUT2D eigenvalue weighted by molar-refractivity contribution is 0.983. The highest BCUT2D eigenvalue weighted by molar-refractivity contribution is 5.57. The summed E-state index contributed by atoms with van der Waals surface area (Å²) in [7, 11) is 0. The fourth-order valence-corrected chi connectivity index (χ4v) is 2.80. The zero-order chi connectivity index (χ0) is 19.0. The standard InChI is InChI=1S/C23H21N5/c1-4-10-18(11-5-1)16-24-22-26-21(20-14-8-3-9-15-20)27-23(28-22)25-17-19-12-6-2-7-13-19/h1-15H,16-17H2,(H2,24,25,26,27,28). The zero-order valence-electron chi connectivity index (χ0n) is 15.4. The van der Waals surface area contributed by atoms with Crippen molar-refractivity contribution in [3.8, 4) is 11.4 Å². The third kappa shape index (κ3) is 4.71. The van der Waals surface area contributed by atoms with Gasteiger partial charge in [-0.05, 0) is 11.1 Å². The highest BCUT2D eigenvalue weighted by Crippen LogP contribution is 2.18. The minimum Gasteiger partial charge on any atom is -0.350 e. The van der Waals surface area contributed by atoms with Crippen LogP contribution >= 0.6 is 0 Å². The van der Waals surface area contributed by atoms with Gasteiger partial charge < -0.3 is 10.6 Å². The Hall–Kier alpha value is -3.73. The van der Waals surface area contributed by atoms with Crippen LogP contribution in [0.2, 0.25) is 0 Å². The normalized spacial score (nSPS) is 10.4. The Kier molecular flexibility index (Phi) is 5.54. The van der Waals surface area contributed by atoms with Crippen molar-refractivity contribution in [1.82, 2.24) is 15.0 Å². The first-order valence-corrected chi connectivity index (χ1v) is 9.24. The number of hydrogen-bond donors (Lipinski definition) is 2. The van der Waals surface area contributed by atoms with E-state index in [1.54, 1.807) is 0 Å². The van der Waals surface area contributed by atoms with Gasteiger partial charge >= 0.3 is 0 Å². The number of rotatable bonds is 7. The first-order chi connectivity index (χ1) is 13.9. The average Bonchev–Trinajstić information content (AvgIpc) is 2.78. The second-order valence-electron chi connectivity index (χ2n) is 6.35. The summed E-state index contributed by atoms with van der Waals surface area (Å²) >= 11 is 0. The Morgan fingerprint density at radius 3 is 1.39 bits per heavy atom.